The summed E-state index contributed by atoms with van der Waals surface area (Å²) in [4.78, 5) is 7.29. The molecular formula is C8H6BrClN2. The van der Waals surface area contributed by atoms with Crippen LogP contribution in [0.3, 0.4) is 0 Å². The summed E-state index contributed by atoms with van der Waals surface area (Å²) in [7, 11) is 0. The monoisotopic (exact) mass is 244 g/mol. The van der Waals surface area contributed by atoms with Crippen molar-refractivity contribution < 1.29 is 0 Å². The Hall–Kier alpha value is -0.540. The lowest BCUT2D eigenvalue weighted by Crippen LogP contribution is -1.76. The van der Waals surface area contributed by atoms with Crippen LogP contribution in [-0.2, 0) is 0 Å². The molecule has 0 radical (unpaired) electrons. The molecule has 0 aliphatic rings. The summed E-state index contributed by atoms with van der Waals surface area (Å²) < 4.78 is 0.716. The molecule has 12 heavy (non-hydrogen) atoms. The number of imidazole rings is 1. The van der Waals surface area contributed by atoms with Crippen molar-refractivity contribution >= 4 is 38.6 Å². The molecule has 0 aliphatic carbocycles. The number of fused-ring (bicyclic) bond motifs is 1. The SMILES string of the molecule is Cc1ccc(Cl)c2[nH]c(Br)nc12. The fourth-order valence-electron chi connectivity index (χ4n) is 1.16. The van der Waals surface area contributed by atoms with Crippen LogP contribution in [0.5, 0.6) is 0 Å². The van der Waals surface area contributed by atoms with E-state index in [0.717, 1.165) is 16.6 Å². The molecule has 62 valence electrons. The van der Waals surface area contributed by atoms with Gasteiger partial charge in [-0.3, -0.25) is 0 Å². The van der Waals surface area contributed by atoms with Crippen LogP contribution in [0, 0.1) is 6.92 Å². The van der Waals surface area contributed by atoms with Crippen LogP contribution in [-0.4, -0.2) is 9.97 Å². The van der Waals surface area contributed by atoms with Crippen LogP contribution in [0.1, 0.15) is 5.56 Å². The molecule has 1 N–H and O–H groups in total. The van der Waals surface area contributed by atoms with Crippen LogP contribution in [0.2, 0.25) is 5.02 Å². The molecule has 4 heteroatoms. The summed E-state index contributed by atoms with van der Waals surface area (Å²) in [5, 5.41) is 0.703. The molecule has 2 rings (SSSR count). The number of nitrogens with one attached hydrogen (secondary N) is 1. The number of halogens is 2. The first kappa shape index (κ1) is 8.08. The van der Waals surface area contributed by atoms with Crippen LogP contribution in [0.4, 0.5) is 0 Å². The topological polar surface area (TPSA) is 28.7 Å². The minimum absolute atomic E-state index is 0.703. The first-order valence-electron chi connectivity index (χ1n) is 3.49. The molecule has 0 saturated carbocycles. The molecule has 0 spiro atoms. The highest BCUT2D eigenvalue weighted by atomic mass is 79.9. The maximum absolute atomic E-state index is 5.95. The Bertz CT molecular complexity index is 397. The minimum atomic E-state index is 0.703. The average molecular weight is 246 g/mol. The standard InChI is InChI=1S/C8H6BrClN2/c1-4-2-3-5(10)7-6(4)11-8(9)12-7/h2-3H,1H3,(H,11,12). The van der Waals surface area contributed by atoms with Crippen molar-refractivity contribution in [2.75, 3.05) is 0 Å². The van der Waals surface area contributed by atoms with Crippen LogP contribution < -0.4 is 0 Å². The summed E-state index contributed by atoms with van der Waals surface area (Å²) in [6.07, 6.45) is 0. The molecule has 2 aromatic rings. The molecule has 1 aromatic carbocycles. The minimum Gasteiger partial charge on any atom is -0.331 e. The highest BCUT2D eigenvalue weighted by Crippen LogP contribution is 2.25. The number of H-pyrrole nitrogens is 1. The van der Waals surface area contributed by atoms with Crippen LogP contribution in [0.15, 0.2) is 16.9 Å². The van der Waals surface area contributed by atoms with E-state index in [2.05, 4.69) is 25.9 Å². The molecule has 0 saturated heterocycles. The summed E-state index contributed by atoms with van der Waals surface area (Å²) in [5.74, 6) is 0. The van der Waals surface area contributed by atoms with Gasteiger partial charge in [0.25, 0.3) is 0 Å². The smallest absolute Gasteiger partial charge is 0.175 e. The van der Waals surface area contributed by atoms with Gasteiger partial charge in [-0.05, 0) is 34.5 Å². The fraction of sp³-hybridized carbons (Fsp3) is 0.125. The maximum Gasteiger partial charge on any atom is 0.175 e. The molecule has 1 aromatic heterocycles. The van der Waals surface area contributed by atoms with Crippen molar-refractivity contribution in [3.63, 3.8) is 0 Å². The van der Waals surface area contributed by atoms with Crippen LogP contribution >= 0.6 is 27.5 Å². The summed E-state index contributed by atoms with van der Waals surface area (Å²) in [6, 6.07) is 3.82. The van der Waals surface area contributed by atoms with Gasteiger partial charge in [0.1, 0.15) is 0 Å². The fourth-order valence-corrected chi connectivity index (χ4v) is 1.74. The molecule has 0 aliphatic heterocycles. The van der Waals surface area contributed by atoms with Gasteiger partial charge >= 0.3 is 0 Å². The van der Waals surface area contributed by atoms with Crippen LogP contribution in [0.25, 0.3) is 11.0 Å². The number of hydrogen-bond acceptors (Lipinski definition) is 1. The average Bonchev–Trinajstić information content (AvgIpc) is 2.41. The number of rotatable bonds is 0. The number of hydrogen-bond donors (Lipinski definition) is 1. The Morgan fingerprint density at radius 2 is 2.25 bits per heavy atom. The van der Waals surface area contributed by atoms with Gasteiger partial charge in [-0.2, -0.15) is 0 Å². The lowest BCUT2D eigenvalue weighted by molar-refractivity contribution is 1.26. The molecular weight excluding hydrogens is 239 g/mol. The van der Waals surface area contributed by atoms with Gasteiger partial charge < -0.3 is 4.98 Å². The normalized spacial score (nSPS) is 10.9. The van der Waals surface area contributed by atoms with Gasteiger partial charge in [-0.15, -0.1) is 0 Å². The Kier molecular flexibility index (Phi) is 1.85. The van der Waals surface area contributed by atoms with E-state index in [-0.39, 0.29) is 0 Å². The largest absolute Gasteiger partial charge is 0.331 e. The highest BCUT2D eigenvalue weighted by molar-refractivity contribution is 9.10. The number of aromatic amines is 1. The van der Waals surface area contributed by atoms with Crippen molar-refractivity contribution in [3.05, 3.63) is 27.5 Å². The lowest BCUT2D eigenvalue weighted by Gasteiger charge is -1.94. The van der Waals surface area contributed by atoms with Gasteiger partial charge in [-0.1, -0.05) is 17.7 Å². The second kappa shape index (κ2) is 2.75. The summed E-state index contributed by atoms with van der Waals surface area (Å²) in [5.41, 5.74) is 2.94. The number of aryl methyl sites for hydroxylation is 1. The molecule has 0 unspecified atom stereocenters. The third-order valence-electron chi connectivity index (χ3n) is 1.77. The third-order valence-corrected chi connectivity index (χ3v) is 2.46. The van der Waals surface area contributed by atoms with E-state index in [9.17, 15) is 0 Å². The van der Waals surface area contributed by atoms with E-state index in [1.807, 2.05) is 19.1 Å². The number of benzene rings is 1. The van der Waals surface area contributed by atoms with E-state index in [0.29, 0.717) is 9.76 Å². The van der Waals surface area contributed by atoms with E-state index in [4.69, 9.17) is 11.6 Å². The Morgan fingerprint density at radius 1 is 1.50 bits per heavy atom. The molecule has 0 atom stereocenters. The predicted molar refractivity (Wildman–Crippen MR) is 53.5 cm³/mol. The molecule has 2 nitrogen and oxygen atoms in total. The van der Waals surface area contributed by atoms with Gasteiger partial charge in [0.15, 0.2) is 4.73 Å². The zero-order valence-electron chi connectivity index (χ0n) is 6.36. The third kappa shape index (κ3) is 1.13. The maximum atomic E-state index is 5.95. The predicted octanol–water partition coefficient (Wildman–Crippen LogP) is 3.29. The zero-order chi connectivity index (χ0) is 8.72. The zero-order valence-corrected chi connectivity index (χ0v) is 8.70. The Labute approximate surface area is 83.1 Å². The summed E-state index contributed by atoms with van der Waals surface area (Å²) >= 11 is 9.22. The van der Waals surface area contributed by atoms with Crippen molar-refractivity contribution in [1.82, 2.24) is 9.97 Å². The second-order valence-corrected chi connectivity index (χ2v) is 3.77. The molecule has 0 bridgehead atoms. The Morgan fingerprint density at radius 3 is 2.92 bits per heavy atom. The quantitative estimate of drug-likeness (QED) is 0.758. The van der Waals surface area contributed by atoms with E-state index >= 15 is 0 Å². The van der Waals surface area contributed by atoms with Gasteiger partial charge in [0.05, 0.1) is 16.1 Å². The first-order valence-corrected chi connectivity index (χ1v) is 4.66. The van der Waals surface area contributed by atoms with E-state index in [1.54, 1.807) is 0 Å². The molecule has 1 heterocycles. The number of nitrogens with zero attached hydrogens (tertiary/aromatic N) is 1. The van der Waals surface area contributed by atoms with Crippen molar-refractivity contribution in [2.24, 2.45) is 0 Å². The van der Waals surface area contributed by atoms with Crippen molar-refractivity contribution in [1.29, 1.82) is 0 Å². The summed E-state index contributed by atoms with van der Waals surface area (Å²) in [6.45, 7) is 2.01. The first-order chi connectivity index (χ1) is 5.68. The van der Waals surface area contributed by atoms with Gasteiger partial charge in [0, 0.05) is 0 Å². The van der Waals surface area contributed by atoms with Crippen molar-refractivity contribution in [3.8, 4) is 0 Å². The van der Waals surface area contributed by atoms with E-state index in [1.165, 1.54) is 0 Å². The van der Waals surface area contributed by atoms with E-state index < -0.39 is 0 Å². The number of aromatic nitrogens is 2. The van der Waals surface area contributed by atoms with Gasteiger partial charge in [0.2, 0.25) is 0 Å². The highest BCUT2D eigenvalue weighted by Gasteiger charge is 2.05. The Balaban J connectivity index is 2.93. The van der Waals surface area contributed by atoms with Gasteiger partial charge in [-0.25, -0.2) is 4.98 Å². The molecule has 0 amide bonds. The molecule has 0 fully saturated rings. The lowest BCUT2D eigenvalue weighted by atomic mass is 10.2. The van der Waals surface area contributed by atoms with Crippen molar-refractivity contribution in [2.45, 2.75) is 6.92 Å². The second-order valence-electron chi connectivity index (χ2n) is 2.62.